The van der Waals surface area contributed by atoms with Gasteiger partial charge in [0.2, 0.25) is 0 Å². The fourth-order valence-electron chi connectivity index (χ4n) is 1.32. The van der Waals surface area contributed by atoms with Crippen LogP contribution in [0.3, 0.4) is 0 Å². The number of hydrogen-bond donors (Lipinski definition) is 1. The molecular weight excluding hydrogens is 265 g/mol. The lowest BCUT2D eigenvalue weighted by Gasteiger charge is -2.01. The van der Waals surface area contributed by atoms with Gasteiger partial charge in [-0.2, -0.15) is 0 Å². The van der Waals surface area contributed by atoms with Gasteiger partial charge in [-0.15, -0.1) is 11.6 Å². The van der Waals surface area contributed by atoms with Crippen LogP contribution in [0.15, 0.2) is 17.5 Å². The van der Waals surface area contributed by atoms with E-state index in [-0.39, 0.29) is 12.4 Å². The zero-order valence-electron chi connectivity index (χ0n) is 9.72. The number of oxime groups is 1. The van der Waals surface area contributed by atoms with Crippen molar-refractivity contribution in [1.29, 1.82) is 0 Å². The zero-order chi connectivity index (χ0) is 11.8. The molecule has 17 heavy (non-hydrogen) atoms. The number of halogens is 2. The summed E-state index contributed by atoms with van der Waals surface area (Å²) in [5, 5.41) is 11.5. The van der Waals surface area contributed by atoms with E-state index < -0.39 is 0 Å². The molecule has 0 saturated carbocycles. The lowest BCUT2D eigenvalue weighted by atomic mass is 10.4. The van der Waals surface area contributed by atoms with Crippen molar-refractivity contribution in [1.82, 2.24) is 4.57 Å². The standard InChI is InChI=1S/C10H16ClN3O2.ClH/c1-13-5-6-14(10(13)8-12-15)9-16-7-3-2-4-11;/h5-6,8H,2-4,7,9H2,1H3;1H. The van der Waals surface area contributed by atoms with Crippen molar-refractivity contribution in [2.45, 2.75) is 19.6 Å². The van der Waals surface area contributed by atoms with Crippen molar-refractivity contribution in [2.75, 3.05) is 12.5 Å². The molecule has 0 bridgehead atoms. The molecule has 7 heteroatoms. The van der Waals surface area contributed by atoms with Crippen LogP contribution in [0, 0.1) is 0 Å². The first-order chi connectivity index (χ1) is 7.79. The molecule has 0 unspecified atom stereocenters. The van der Waals surface area contributed by atoms with Gasteiger partial charge in [0.1, 0.15) is 12.4 Å². The van der Waals surface area contributed by atoms with Gasteiger partial charge in [0.15, 0.2) is 12.9 Å². The van der Waals surface area contributed by atoms with E-state index in [0.717, 1.165) is 18.7 Å². The minimum absolute atomic E-state index is 0. The van der Waals surface area contributed by atoms with Gasteiger partial charge >= 0.3 is 5.82 Å². The Morgan fingerprint density at radius 2 is 2.35 bits per heavy atom. The van der Waals surface area contributed by atoms with Gasteiger partial charge in [0.25, 0.3) is 0 Å². The number of unbranched alkanes of at least 4 members (excludes halogenated alkanes) is 1. The predicted octanol–water partition coefficient (Wildman–Crippen LogP) is -1.88. The number of nitrogens with zero attached hydrogens (tertiary/aromatic N) is 3. The summed E-state index contributed by atoms with van der Waals surface area (Å²) in [7, 11) is 1.88. The lowest BCUT2D eigenvalue weighted by Crippen LogP contribution is -3.00. The minimum atomic E-state index is 0. The van der Waals surface area contributed by atoms with E-state index >= 15 is 0 Å². The van der Waals surface area contributed by atoms with E-state index in [1.807, 2.05) is 28.6 Å². The summed E-state index contributed by atoms with van der Waals surface area (Å²) in [6, 6.07) is 0. The molecule has 0 aliphatic heterocycles. The molecule has 0 spiro atoms. The highest BCUT2D eigenvalue weighted by Gasteiger charge is 2.11. The fraction of sp³-hybridized carbons (Fsp3) is 0.600. The summed E-state index contributed by atoms with van der Waals surface area (Å²) in [6.45, 7) is 1.13. The maximum atomic E-state index is 8.52. The van der Waals surface area contributed by atoms with Gasteiger partial charge in [-0.05, 0) is 12.8 Å². The van der Waals surface area contributed by atoms with Crippen LogP contribution in [-0.4, -0.2) is 28.5 Å². The van der Waals surface area contributed by atoms with E-state index in [2.05, 4.69) is 5.16 Å². The van der Waals surface area contributed by atoms with Crippen LogP contribution < -0.4 is 17.0 Å². The minimum Gasteiger partial charge on any atom is -1.00 e. The first kappa shape index (κ1) is 16.2. The van der Waals surface area contributed by atoms with Gasteiger partial charge < -0.3 is 22.4 Å². The van der Waals surface area contributed by atoms with Crippen molar-refractivity contribution in [2.24, 2.45) is 12.2 Å². The Kier molecular flexibility index (Phi) is 8.85. The molecule has 0 fully saturated rings. The van der Waals surface area contributed by atoms with Crippen molar-refractivity contribution in [3.05, 3.63) is 18.2 Å². The van der Waals surface area contributed by atoms with Crippen LogP contribution in [0.25, 0.3) is 0 Å². The van der Waals surface area contributed by atoms with Crippen LogP contribution in [0.1, 0.15) is 18.7 Å². The van der Waals surface area contributed by atoms with E-state index in [9.17, 15) is 0 Å². The summed E-state index contributed by atoms with van der Waals surface area (Å²) < 4.78 is 9.18. The number of rotatable bonds is 7. The second-order valence-electron chi connectivity index (χ2n) is 3.42. The highest BCUT2D eigenvalue weighted by molar-refractivity contribution is 6.17. The molecule has 5 nitrogen and oxygen atoms in total. The molecule has 0 aromatic carbocycles. The predicted molar refractivity (Wildman–Crippen MR) is 60.9 cm³/mol. The van der Waals surface area contributed by atoms with Crippen LogP contribution in [0.4, 0.5) is 0 Å². The smallest absolute Gasteiger partial charge is 0.305 e. The zero-order valence-corrected chi connectivity index (χ0v) is 11.2. The molecular formula is C10H17Cl2N3O2. The molecule has 0 atom stereocenters. The van der Waals surface area contributed by atoms with Crippen molar-refractivity contribution < 1.29 is 26.9 Å². The van der Waals surface area contributed by atoms with Crippen molar-refractivity contribution in [3.63, 3.8) is 0 Å². The number of aromatic nitrogens is 2. The molecule has 0 aliphatic rings. The van der Waals surface area contributed by atoms with E-state index in [1.165, 1.54) is 6.21 Å². The van der Waals surface area contributed by atoms with Gasteiger partial charge in [-0.25, -0.2) is 9.13 Å². The normalized spacial score (nSPS) is 10.7. The largest absolute Gasteiger partial charge is 1.00 e. The highest BCUT2D eigenvalue weighted by Crippen LogP contribution is 1.96. The summed E-state index contributed by atoms with van der Waals surface area (Å²) in [4.78, 5) is 0. The number of hydrogen-bond acceptors (Lipinski definition) is 3. The van der Waals surface area contributed by atoms with E-state index in [4.69, 9.17) is 21.5 Å². The molecule has 1 rings (SSSR count). The Hall–Kier alpha value is -0.780. The molecule has 0 amide bonds. The van der Waals surface area contributed by atoms with Gasteiger partial charge in [0, 0.05) is 5.88 Å². The van der Waals surface area contributed by atoms with E-state index in [0.29, 0.717) is 19.2 Å². The Morgan fingerprint density at radius 3 is 3.00 bits per heavy atom. The Bertz CT molecular complexity index is 342. The SMILES string of the molecule is C[n+]1ccn(COCCCCCl)c1/C=N/O.[Cl-]. The van der Waals surface area contributed by atoms with Crippen LogP contribution in [0.5, 0.6) is 0 Å². The first-order valence-electron chi connectivity index (χ1n) is 5.15. The molecule has 98 valence electrons. The summed E-state index contributed by atoms with van der Waals surface area (Å²) in [6.07, 6.45) is 7.05. The molecule has 0 saturated heterocycles. The topological polar surface area (TPSA) is 50.6 Å². The third-order valence-corrected chi connectivity index (χ3v) is 2.47. The van der Waals surface area contributed by atoms with Gasteiger partial charge in [0.05, 0.1) is 13.7 Å². The second kappa shape index (κ2) is 9.27. The van der Waals surface area contributed by atoms with Crippen LogP contribution >= 0.6 is 11.6 Å². The first-order valence-corrected chi connectivity index (χ1v) is 5.69. The Balaban J connectivity index is 0.00000256. The summed E-state index contributed by atoms with van der Waals surface area (Å²) in [5.74, 6) is 1.45. The van der Waals surface area contributed by atoms with Crippen LogP contribution in [-0.2, 0) is 18.5 Å². The number of imidazole rings is 1. The third-order valence-electron chi connectivity index (χ3n) is 2.20. The average Bonchev–Trinajstić information content (AvgIpc) is 2.62. The molecule has 1 heterocycles. The summed E-state index contributed by atoms with van der Waals surface area (Å²) in [5.41, 5.74) is 0. The second-order valence-corrected chi connectivity index (χ2v) is 3.79. The number of aryl methyl sites for hydroxylation is 1. The number of ether oxygens (including phenoxy) is 1. The Labute approximate surface area is 112 Å². The molecule has 1 aromatic rings. The monoisotopic (exact) mass is 281 g/mol. The van der Waals surface area contributed by atoms with Crippen molar-refractivity contribution in [3.8, 4) is 0 Å². The van der Waals surface area contributed by atoms with Crippen LogP contribution in [0.2, 0.25) is 0 Å². The maximum Gasteiger partial charge on any atom is 0.305 e. The fourth-order valence-corrected chi connectivity index (χ4v) is 1.51. The van der Waals surface area contributed by atoms with Gasteiger partial charge in [-0.3, -0.25) is 0 Å². The third kappa shape index (κ3) is 5.39. The van der Waals surface area contributed by atoms with E-state index in [1.54, 1.807) is 0 Å². The summed E-state index contributed by atoms with van der Waals surface area (Å²) >= 11 is 5.56. The average molecular weight is 282 g/mol. The number of alkyl halides is 1. The highest BCUT2D eigenvalue weighted by atomic mass is 35.5. The maximum absolute atomic E-state index is 8.52. The molecule has 0 aliphatic carbocycles. The molecule has 1 aromatic heterocycles. The van der Waals surface area contributed by atoms with Gasteiger partial charge in [-0.1, -0.05) is 5.16 Å². The van der Waals surface area contributed by atoms with Crippen molar-refractivity contribution >= 4 is 17.8 Å². The lowest BCUT2D eigenvalue weighted by molar-refractivity contribution is -0.672. The Morgan fingerprint density at radius 1 is 1.59 bits per heavy atom. The quantitative estimate of drug-likeness (QED) is 0.159. The molecule has 0 radical (unpaired) electrons. The molecule has 1 N–H and O–H groups in total.